The molecule has 1 N–H and O–H groups in total. The fourth-order valence-corrected chi connectivity index (χ4v) is 2.04. The van der Waals surface area contributed by atoms with Crippen LogP contribution in [0.3, 0.4) is 0 Å². The highest BCUT2D eigenvalue weighted by molar-refractivity contribution is 5.39. The van der Waals surface area contributed by atoms with E-state index in [2.05, 4.69) is 20.2 Å². The van der Waals surface area contributed by atoms with Gasteiger partial charge in [0, 0.05) is 25.8 Å². The average Bonchev–Trinajstić information content (AvgIpc) is 2.40. The standard InChI is InChI=1S/C13H22N4O/c1-11-10-15-12(2)13(16-11)14-4-3-5-17-6-8-18-9-7-17/h10H,3-9H2,1-2H3,(H,14,16). The molecule has 5 heteroatoms. The molecule has 0 radical (unpaired) electrons. The normalized spacial score (nSPS) is 16.8. The van der Waals surface area contributed by atoms with Crippen molar-refractivity contribution in [1.29, 1.82) is 0 Å². The largest absolute Gasteiger partial charge is 0.379 e. The van der Waals surface area contributed by atoms with Crippen LogP contribution >= 0.6 is 0 Å². The molecular formula is C13H22N4O. The highest BCUT2D eigenvalue weighted by Crippen LogP contribution is 2.08. The van der Waals surface area contributed by atoms with Crippen LogP contribution in [-0.4, -0.2) is 54.3 Å². The Morgan fingerprint density at radius 1 is 1.33 bits per heavy atom. The summed E-state index contributed by atoms with van der Waals surface area (Å²) in [7, 11) is 0. The van der Waals surface area contributed by atoms with Crippen molar-refractivity contribution in [2.45, 2.75) is 20.3 Å². The summed E-state index contributed by atoms with van der Waals surface area (Å²) in [5, 5.41) is 3.36. The summed E-state index contributed by atoms with van der Waals surface area (Å²) < 4.78 is 5.33. The van der Waals surface area contributed by atoms with Gasteiger partial charge < -0.3 is 10.1 Å². The molecule has 100 valence electrons. The van der Waals surface area contributed by atoms with Gasteiger partial charge in [-0.15, -0.1) is 0 Å². The summed E-state index contributed by atoms with van der Waals surface area (Å²) in [5.74, 6) is 0.914. The molecule has 18 heavy (non-hydrogen) atoms. The molecule has 0 spiro atoms. The Kier molecular flexibility index (Phi) is 4.90. The van der Waals surface area contributed by atoms with Gasteiger partial charge in [0.2, 0.25) is 0 Å². The summed E-state index contributed by atoms with van der Waals surface area (Å²) in [4.78, 5) is 11.2. The lowest BCUT2D eigenvalue weighted by atomic mass is 10.3. The fourth-order valence-electron chi connectivity index (χ4n) is 2.04. The van der Waals surface area contributed by atoms with Gasteiger partial charge in [-0.2, -0.15) is 0 Å². The van der Waals surface area contributed by atoms with Gasteiger partial charge >= 0.3 is 0 Å². The van der Waals surface area contributed by atoms with Gasteiger partial charge in [-0.1, -0.05) is 0 Å². The number of morpholine rings is 1. The first-order chi connectivity index (χ1) is 8.75. The number of anilines is 1. The van der Waals surface area contributed by atoms with Gasteiger partial charge in [0.15, 0.2) is 0 Å². The van der Waals surface area contributed by atoms with Gasteiger partial charge in [-0.3, -0.25) is 9.88 Å². The monoisotopic (exact) mass is 250 g/mol. The quantitative estimate of drug-likeness (QED) is 0.797. The second-order valence-electron chi connectivity index (χ2n) is 4.68. The molecule has 1 aliphatic rings. The van der Waals surface area contributed by atoms with Crippen molar-refractivity contribution in [3.05, 3.63) is 17.6 Å². The van der Waals surface area contributed by atoms with Crippen LogP contribution in [0.2, 0.25) is 0 Å². The molecule has 2 heterocycles. The third kappa shape index (κ3) is 3.92. The van der Waals surface area contributed by atoms with E-state index in [-0.39, 0.29) is 0 Å². The summed E-state index contributed by atoms with van der Waals surface area (Å²) in [6.07, 6.45) is 2.92. The third-order valence-electron chi connectivity index (χ3n) is 3.12. The summed E-state index contributed by atoms with van der Waals surface area (Å²) in [5.41, 5.74) is 1.92. The molecule has 0 bridgehead atoms. The van der Waals surface area contributed by atoms with E-state index < -0.39 is 0 Å². The Morgan fingerprint density at radius 3 is 2.89 bits per heavy atom. The van der Waals surface area contributed by atoms with Crippen LogP contribution < -0.4 is 5.32 Å². The Bertz CT molecular complexity index is 377. The molecule has 0 atom stereocenters. The third-order valence-corrected chi connectivity index (χ3v) is 3.12. The van der Waals surface area contributed by atoms with Crippen molar-refractivity contribution in [2.75, 3.05) is 44.7 Å². The van der Waals surface area contributed by atoms with Crippen LogP contribution in [0.25, 0.3) is 0 Å². The number of nitrogens with zero attached hydrogens (tertiary/aromatic N) is 3. The number of hydrogen-bond acceptors (Lipinski definition) is 5. The topological polar surface area (TPSA) is 50.3 Å². The zero-order valence-electron chi connectivity index (χ0n) is 11.3. The summed E-state index contributed by atoms with van der Waals surface area (Å²) in [6.45, 7) is 9.87. The van der Waals surface area contributed by atoms with Crippen LogP contribution in [0.1, 0.15) is 17.8 Å². The van der Waals surface area contributed by atoms with E-state index in [1.807, 2.05) is 13.8 Å². The molecule has 0 aromatic carbocycles. The molecule has 0 aliphatic carbocycles. The Morgan fingerprint density at radius 2 is 2.11 bits per heavy atom. The van der Waals surface area contributed by atoms with Crippen LogP contribution in [0.4, 0.5) is 5.82 Å². The smallest absolute Gasteiger partial charge is 0.147 e. The molecule has 1 aromatic heterocycles. The number of rotatable bonds is 5. The van der Waals surface area contributed by atoms with Gasteiger partial charge in [-0.25, -0.2) is 4.98 Å². The van der Waals surface area contributed by atoms with Crippen molar-refractivity contribution in [3.8, 4) is 0 Å². The minimum atomic E-state index is 0.871. The maximum Gasteiger partial charge on any atom is 0.147 e. The predicted molar refractivity (Wildman–Crippen MR) is 71.9 cm³/mol. The molecule has 1 aromatic rings. The minimum Gasteiger partial charge on any atom is -0.379 e. The van der Waals surface area contributed by atoms with Gasteiger partial charge in [0.1, 0.15) is 5.82 Å². The zero-order valence-corrected chi connectivity index (χ0v) is 11.3. The number of aryl methyl sites for hydroxylation is 2. The van der Waals surface area contributed by atoms with E-state index >= 15 is 0 Å². The summed E-state index contributed by atoms with van der Waals surface area (Å²) in [6, 6.07) is 0. The second kappa shape index (κ2) is 6.66. The van der Waals surface area contributed by atoms with Crippen LogP contribution in [-0.2, 0) is 4.74 Å². The number of aromatic nitrogens is 2. The molecule has 1 fully saturated rings. The van der Waals surface area contributed by atoms with E-state index in [1.54, 1.807) is 6.20 Å². The number of hydrogen-bond donors (Lipinski definition) is 1. The lowest BCUT2D eigenvalue weighted by Gasteiger charge is -2.26. The molecule has 0 saturated carbocycles. The van der Waals surface area contributed by atoms with Crippen LogP contribution in [0.5, 0.6) is 0 Å². The predicted octanol–water partition coefficient (Wildman–Crippen LogP) is 1.23. The minimum absolute atomic E-state index is 0.871. The highest BCUT2D eigenvalue weighted by Gasteiger charge is 2.09. The van der Waals surface area contributed by atoms with E-state index in [0.717, 1.165) is 63.0 Å². The average molecular weight is 250 g/mol. The van der Waals surface area contributed by atoms with Crippen molar-refractivity contribution in [2.24, 2.45) is 0 Å². The molecule has 5 nitrogen and oxygen atoms in total. The maximum atomic E-state index is 5.33. The fraction of sp³-hybridized carbons (Fsp3) is 0.692. The Hall–Kier alpha value is -1.20. The molecule has 1 aliphatic heterocycles. The molecule has 0 amide bonds. The SMILES string of the molecule is Cc1cnc(C)c(NCCCN2CCOCC2)n1. The number of nitrogens with one attached hydrogen (secondary N) is 1. The molecule has 1 saturated heterocycles. The van der Waals surface area contributed by atoms with E-state index in [0.29, 0.717) is 0 Å². The maximum absolute atomic E-state index is 5.33. The van der Waals surface area contributed by atoms with E-state index in [1.165, 1.54) is 0 Å². The van der Waals surface area contributed by atoms with E-state index in [4.69, 9.17) is 4.74 Å². The van der Waals surface area contributed by atoms with E-state index in [9.17, 15) is 0 Å². The number of ether oxygens (including phenoxy) is 1. The van der Waals surface area contributed by atoms with Crippen molar-refractivity contribution >= 4 is 5.82 Å². The van der Waals surface area contributed by atoms with Crippen molar-refractivity contribution in [1.82, 2.24) is 14.9 Å². The molecule has 0 unspecified atom stereocenters. The van der Waals surface area contributed by atoms with Crippen LogP contribution in [0.15, 0.2) is 6.20 Å². The molecule has 2 rings (SSSR count). The van der Waals surface area contributed by atoms with Gasteiger partial charge in [0.25, 0.3) is 0 Å². The lowest BCUT2D eigenvalue weighted by Crippen LogP contribution is -2.37. The molecular weight excluding hydrogens is 228 g/mol. The first-order valence-electron chi connectivity index (χ1n) is 6.60. The lowest BCUT2D eigenvalue weighted by molar-refractivity contribution is 0.0378. The first-order valence-corrected chi connectivity index (χ1v) is 6.60. The summed E-state index contributed by atoms with van der Waals surface area (Å²) >= 11 is 0. The highest BCUT2D eigenvalue weighted by atomic mass is 16.5. The van der Waals surface area contributed by atoms with Crippen LogP contribution in [0, 0.1) is 13.8 Å². The van der Waals surface area contributed by atoms with Gasteiger partial charge in [-0.05, 0) is 26.8 Å². The Balaban J connectivity index is 1.69. The zero-order chi connectivity index (χ0) is 12.8. The Labute approximate surface area is 109 Å². The second-order valence-corrected chi connectivity index (χ2v) is 4.68. The van der Waals surface area contributed by atoms with Crippen molar-refractivity contribution < 1.29 is 4.74 Å². The van der Waals surface area contributed by atoms with Crippen molar-refractivity contribution in [3.63, 3.8) is 0 Å². The first kappa shape index (κ1) is 13.2. The van der Waals surface area contributed by atoms with Gasteiger partial charge in [0.05, 0.1) is 24.6 Å².